The Hall–Kier alpha value is -3.74. The molecule has 1 N–H and O–H groups in total. The summed E-state index contributed by atoms with van der Waals surface area (Å²) in [4.78, 5) is 18.2. The van der Waals surface area contributed by atoms with Crippen LogP contribution in [0.25, 0.3) is 10.9 Å². The molecule has 0 aliphatic heterocycles. The second-order valence-corrected chi connectivity index (χ2v) is 7.15. The summed E-state index contributed by atoms with van der Waals surface area (Å²) in [7, 11) is 1.47. The molecule has 2 aromatic heterocycles. The lowest BCUT2D eigenvalue weighted by Crippen LogP contribution is -2.31. The molecule has 0 aliphatic carbocycles. The molecule has 6 nitrogen and oxygen atoms in total. The van der Waals surface area contributed by atoms with Gasteiger partial charge in [0, 0.05) is 28.8 Å². The van der Waals surface area contributed by atoms with Crippen molar-refractivity contribution in [2.75, 3.05) is 7.11 Å². The Bertz CT molecular complexity index is 1240. The van der Waals surface area contributed by atoms with Crippen LogP contribution < -0.4 is 10.1 Å². The van der Waals surface area contributed by atoms with Gasteiger partial charge in [-0.3, -0.25) is 9.78 Å². The first-order valence-corrected chi connectivity index (χ1v) is 9.96. The van der Waals surface area contributed by atoms with Crippen molar-refractivity contribution >= 4 is 16.8 Å². The Morgan fingerprint density at radius 3 is 2.71 bits per heavy atom. The summed E-state index contributed by atoms with van der Waals surface area (Å²) in [5.74, 6) is -0.470. The molecule has 1 unspecified atom stereocenters. The summed E-state index contributed by atoms with van der Waals surface area (Å²) in [5.41, 5.74) is 3.55. The molecule has 1 amide bonds. The molecule has 0 bridgehead atoms. The number of halogens is 1. The molecular formula is C24H22FN3O3. The van der Waals surface area contributed by atoms with Gasteiger partial charge in [0.1, 0.15) is 29.6 Å². The maximum atomic E-state index is 14.9. The quantitative estimate of drug-likeness (QED) is 0.488. The predicted octanol–water partition coefficient (Wildman–Crippen LogP) is 4.76. The fourth-order valence-corrected chi connectivity index (χ4v) is 3.75. The van der Waals surface area contributed by atoms with Gasteiger partial charge >= 0.3 is 0 Å². The smallest absolute Gasteiger partial charge is 0.253 e. The van der Waals surface area contributed by atoms with Gasteiger partial charge in [0.2, 0.25) is 0 Å². The first-order chi connectivity index (χ1) is 15.0. The Kier molecular flexibility index (Phi) is 5.66. The van der Waals surface area contributed by atoms with Crippen molar-refractivity contribution in [3.05, 3.63) is 88.7 Å². The summed E-state index contributed by atoms with van der Waals surface area (Å²) in [6.45, 7) is 3.88. The molecule has 2 heterocycles. The van der Waals surface area contributed by atoms with Crippen molar-refractivity contribution in [3.63, 3.8) is 0 Å². The van der Waals surface area contributed by atoms with E-state index in [1.54, 1.807) is 18.2 Å². The van der Waals surface area contributed by atoms with Crippen molar-refractivity contribution < 1.29 is 18.4 Å². The zero-order valence-corrected chi connectivity index (χ0v) is 17.5. The minimum Gasteiger partial charge on any atom is -0.497 e. The molecule has 0 radical (unpaired) electrons. The molecule has 4 rings (SSSR count). The normalized spacial score (nSPS) is 12.0. The second-order valence-electron chi connectivity index (χ2n) is 7.15. The van der Waals surface area contributed by atoms with Crippen LogP contribution in [0.5, 0.6) is 5.75 Å². The van der Waals surface area contributed by atoms with Crippen LogP contribution in [0.1, 0.15) is 45.8 Å². The summed E-state index contributed by atoms with van der Waals surface area (Å²) in [6.07, 6.45) is 2.08. The zero-order chi connectivity index (χ0) is 22.0. The van der Waals surface area contributed by atoms with E-state index in [1.165, 1.54) is 19.4 Å². The van der Waals surface area contributed by atoms with E-state index in [0.29, 0.717) is 23.4 Å². The Morgan fingerprint density at radius 2 is 2.03 bits per heavy atom. The number of ether oxygens (including phenoxy) is 1. The third kappa shape index (κ3) is 3.86. The molecule has 7 heteroatoms. The number of rotatable bonds is 6. The summed E-state index contributed by atoms with van der Waals surface area (Å²) in [6, 6.07) is 12.7. The number of nitrogens with one attached hydrogen (secondary N) is 1. The van der Waals surface area contributed by atoms with E-state index in [0.717, 1.165) is 22.2 Å². The van der Waals surface area contributed by atoms with Gasteiger partial charge in [0.25, 0.3) is 5.91 Å². The third-order valence-electron chi connectivity index (χ3n) is 5.35. The highest BCUT2D eigenvalue weighted by Crippen LogP contribution is 2.29. The van der Waals surface area contributed by atoms with Gasteiger partial charge in [0.15, 0.2) is 0 Å². The van der Waals surface area contributed by atoms with Gasteiger partial charge in [-0.15, -0.1) is 0 Å². The first-order valence-electron chi connectivity index (χ1n) is 9.96. The van der Waals surface area contributed by atoms with E-state index in [9.17, 15) is 9.18 Å². The number of methoxy groups -OCH3 is 1. The van der Waals surface area contributed by atoms with E-state index >= 15 is 0 Å². The summed E-state index contributed by atoms with van der Waals surface area (Å²) in [5, 5.41) is 7.63. The lowest BCUT2D eigenvalue weighted by molar-refractivity contribution is 0.0942. The van der Waals surface area contributed by atoms with Crippen LogP contribution in [0.4, 0.5) is 4.39 Å². The lowest BCUT2D eigenvalue weighted by atomic mass is 9.97. The van der Waals surface area contributed by atoms with Crippen LogP contribution >= 0.6 is 0 Å². The van der Waals surface area contributed by atoms with E-state index in [1.807, 2.05) is 38.1 Å². The molecule has 0 saturated carbocycles. The van der Waals surface area contributed by atoms with Crippen LogP contribution in [0.3, 0.4) is 0 Å². The van der Waals surface area contributed by atoms with Crippen LogP contribution in [0.2, 0.25) is 0 Å². The number of nitrogens with zero attached hydrogens (tertiary/aromatic N) is 2. The molecule has 1 atom stereocenters. The number of aromatic nitrogens is 2. The minimum absolute atomic E-state index is 0.259. The average Bonchev–Trinajstić information content (AvgIpc) is 3.31. The van der Waals surface area contributed by atoms with Crippen LogP contribution in [0, 0.1) is 12.7 Å². The molecule has 4 aromatic rings. The van der Waals surface area contributed by atoms with Gasteiger partial charge in [-0.25, -0.2) is 4.39 Å². The Morgan fingerprint density at radius 1 is 1.23 bits per heavy atom. The highest BCUT2D eigenvalue weighted by molar-refractivity contribution is 6.07. The maximum Gasteiger partial charge on any atom is 0.253 e. The third-order valence-corrected chi connectivity index (χ3v) is 5.35. The van der Waals surface area contributed by atoms with Gasteiger partial charge in [0.05, 0.1) is 18.2 Å². The highest BCUT2D eigenvalue weighted by atomic mass is 19.1. The van der Waals surface area contributed by atoms with Crippen molar-refractivity contribution in [2.24, 2.45) is 0 Å². The Balaban J connectivity index is 1.80. The number of amides is 1. The van der Waals surface area contributed by atoms with Crippen molar-refractivity contribution in [1.82, 2.24) is 15.5 Å². The number of fused-ring (bicyclic) bond motifs is 1. The van der Waals surface area contributed by atoms with E-state index < -0.39 is 11.9 Å². The molecule has 0 fully saturated rings. The average molecular weight is 419 g/mol. The number of benzene rings is 2. The molecule has 2 aromatic carbocycles. The zero-order valence-electron chi connectivity index (χ0n) is 17.5. The maximum absolute atomic E-state index is 14.9. The van der Waals surface area contributed by atoms with Crippen molar-refractivity contribution in [3.8, 4) is 5.75 Å². The largest absolute Gasteiger partial charge is 0.497 e. The van der Waals surface area contributed by atoms with E-state index in [-0.39, 0.29) is 11.5 Å². The Labute approximate surface area is 179 Å². The predicted molar refractivity (Wildman–Crippen MR) is 115 cm³/mol. The molecule has 0 saturated heterocycles. The fraction of sp³-hybridized carbons (Fsp3) is 0.208. The van der Waals surface area contributed by atoms with Crippen molar-refractivity contribution in [2.45, 2.75) is 26.3 Å². The fourth-order valence-electron chi connectivity index (χ4n) is 3.75. The SMILES string of the molecule is CCc1nc2ccccc2c(C(=O)NC(c2ccon2)c2ccc(OC)cc2F)c1C. The van der Waals surface area contributed by atoms with Gasteiger partial charge < -0.3 is 14.6 Å². The number of pyridine rings is 1. The first kappa shape index (κ1) is 20.5. The van der Waals surface area contributed by atoms with Crippen LogP contribution in [0.15, 0.2) is 59.3 Å². The molecule has 31 heavy (non-hydrogen) atoms. The molecule has 0 aliphatic rings. The van der Waals surface area contributed by atoms with Gasteiger partial charge in [-0.2, -0.15) is 0 Å². The lowest BCUT2D eigenvalue weighted by Gasteiger charge is -2.20. The number of hydrogen-bond donors (Lipinski definition) is 1. The van der Waals surface area contributed by atoms with Gasteiger partial charge in [-0.1, -0.05) is 30.3 Å². The van der Waals surface area contributed by atoms with E-state index in [2.05, 4.69) is 15.5 Å². The monoisotopic (exact) mass is 419 g/mol. The summed E-state index contributed by atoms with van der Waals surface area (Å²) < 4.78 is 24.9. The van der Waals surface area contributed by atoms with Crippen LogP contribution in [-0.2, 0) is 6.42 Å². The minimum atomic E-state index is -0.839. The number of hydrogen-bond acceptors (Lipinski definition) is 5. The summed E-state index contributed by atoms with van der Waals surface area (Å²) >= 11 is 0. The highest BCUT2D eigenvalue weighted by Gasteiger charge is 2.26. The molecule has 158 valence electrons. The molecular weight excluding hydrogens is 397 g/mol. The number of para-hydroxylation sites is 1. The number of carbonyl (C=O) groups is 1. The second kappa shape index (κ2) is 8.55. The topological polar surface area (TPSA) is 77.3 Å². The number of carbonyl (C=O) groups excluding carboxylic acids is 1. The standard InChI is InChI=1S/C24H22FN3O3/c1-4-19-14(2)22(17-7-5-6-8-20(17)26-19)24(29)27-23(21-11-12-31-28-21)16-10-9-15(30-3)13-18(16)25/h5-13,23H,4H2,1-3H3,(H,27,29). The van der Waals surface area contributed by atoms with E-state index in [4.69, 9.17) is 9.26 Å². The molecule has 0 spiro atoms. The van der Waals surface area contributed by atoms with Gasteiger partial charge in [-0.05, 0) is 37.1 Å². The van der Waals surface area contributed by atoms with Crippen molar-refractivity contribution in [1.29, 1.82) is 0 Å². The van der Waals surface area contributed by atoms with Crippen LogP contribution in [-0.4, -0.2) is 23.2 Å². The number of aryl methyl sites for hydroxylation is 1.